The van der Waals surface area contributed by atoms with Gasteiger partial charge in [-0.2, -0.15) is 0 Å². The first-order valence-corrected chi connectivity index (χ1v) is 6.16. The Kier molecular flexibility index (Phi) is 4.18. The Hall–Kier alpha value is -2.89. The zero-order valence-corrected chi connectivity index (χ0v) is 11.3. The molecule has 2 aromatic rings. The summed E-state index contributed by atoms with van der Waals surface area (Å²) in [6.45, 7) is 1.75. The molecule has 0 aliphatic heterocycles. The van der Waals surface area contributed by atoms with E-state index in [0.717, 1.165) is 5.56 Å². The summed E-state index contributed by atoms with van der Waals surface area (Å²) < 4.78 is 13.7. The first-order chi connectivity index (χ1) is 10.0. The van der Waals surface area contributed by atoms with E-state index in [4.69, 9.17) is 10.9 Å². The molecule has 6 heteroatoms. The third-order valence-electron chi connectivity index (χ3n) is 2.92. The third-order valence-corrected chi connectivity index (χ3v) is 2.92. The lowest BCUT2D eigenvalue weighted by atomic mass is 10.1. The van der Waals surface area contributed by atoms with Gasteiger partial charge in [0.2, 0.25) is 0 Å². The Morgan fingerprint density at radius 1 is 1.24 bits per heavy atom. The summed E-state index contributed by atoms with van der Waals surface area (Å²) in [6.07, 6.45) is 0. The minimum absolute atomic E-state index is 0.0267. The van der Waals surface area contributed by atoms with E-state index in [1.807, 2.05) is 0 Å². The maximum atomic E-state index is 13.7. The quantitative estimate of drug-likeness (QED) is 0.351. The maximum absolute atomic E-state index is 13.7. The van der Waals surface area contributed by atoms with E-state index >= 15 is 0 Å². The Morgan fingerprint density at radius 3 is 2.48 bits per heavy atom. The van der Waals surface area contributed by atoms with Gasteiger partial charge in [-0.05, 0) is 48.9 Å². The predicted octanol–water partition coefficient (Wildman–Crippen LogP) is 2.48. The van der Waals surface area contributed by atoms with Crippen LogP contribution in [0.5, 0.6) is 0 Å². The molecule has 21 heavy (non-hydrogen) atoms. The fraction of sp³-hybridized carbons (Fsp3) is 0.0667. The minimum Gasteiger partial charge on any atom is -0.409 e. The number of nitrogens with zero attached hydrogens (tertiary/aromatic N) is 1. The molecule has 0 aliphatic rings. The van der Waals surface area contributed by atoms with Crippen LogP contribution in [-0.2, 0) is 0 Å². The molecule has 0 aromatic heterocycles. The normalized spacial score (nSPS) is 11.2. The fourth-order valence-corrected chi connectivity index (χ4v) is 1.78. The second kappa shape index (κ2) is 6.04. The lowest BCUT2D eigenvalue weighted by molar-refractivity contribution is 0.102. The molecule has 2 aromatic carbocycles. The van der Waals surface area contributed by atoms with Crippen molar-refractivity contribution < 1.29 is 14.4 Å². The summed E-state index contributed by atoms with van der Waals surface area (Å²) in [5, 5.41) is 14.0. The van der Waals surface area contributed by atoms with E-state index in [-0.39, 0.29) is 11.4 Å². The van der Waals surface area contributed by atoms with E-state index in [9.17, 15) is 9.18 Å². The minimum atomic E-state index is -0.569. The van der Waals surface area contributed by atoms with Crippen LogP contribution < -0.4 is 11.1 Å². The van der Waals surface area contributed by atoms with Crippen molar-refractivity contribution in [2.45, 2.75) is 6.92 Å². The lowest BCUT2D eigenvalue weighted by Crippen LogP contribution is -2.15. The van der Waals surface area contributed by atoms with Gasteiger partial charge in [-0.1, -0.05) is 11.2 Å². The number of hydrogen-bond acceptors (Lipinski definition) is 3. The van der Waals surface area contributed by atoms with Crippen molar-refractivity contribution in [3.8, 4) is 0 Å². The highest BCUT2D eigenvalue weighted by atomic mass is 19.1. The first-order valence-electron chi connectivity index (χ1n) is 6.16. The second-order valence-corrected chi connectivity index (χ2v) is 4.50. The number of rotatable bonds is 3. The van der Waals surface area contributed by atoms with Crippen molar-refractivity contribution in [3.05, 3.63) is 65.0 Å². The van der Waals surface area contributed by atoms with E-state index < -0.39 is 11.7 Å². The summed E-state index contributed by atoms with van der Waals surface area (Å²) in [5.41, 5.74) is 7.14. The molecule has 5 nitrogen and oxygen atoms in total. The number of carbonyl (C=O) groups is 1. The van der Waals surface area contributed by atoms with Gasteiger partial charge < -0.3 is 16.3 Å². The van der Waals surface area contributed by atoms with Crippen LogP contribution in [0.15, 0.2) is 47.6 Å². The number of hydrogen-bond donors (Lipinski definition) is 3. The van der Waals surface area contributed by atoms with Gasteiger partial charge >= 0.3 is 0 Å². The third kappa shape index (κ3) is 3.36. The average molecular weight is 287 g/mol. The smallest absolute Gasteiger partial charge is 0.258 e. The molecule has 0 saturated heterocycles. The molecule has 4 N–H and O–H groups in total. The Bertz CT molecular complexity index is 697. The van der Waals surface area contributed by atoms with Crippen LogP contribution in [-0.4, -0.2) is 17.0 Å². The molecule has 1 amide bonds. The van der Waals surface area contributed by atoms with Crippen molar-refractivity contribution >= 4 is 17.4 Å². The molecule has 2 rings (SSSR count). The number of oxime groups is 1. The Labute approximate surface area is 120 Å². The van der Waals surface area contributed by atoms with Gasteiger partial charge in [0.25, 0.3) is 5.91 Å². The van der Waals surface area contributed by atoms with E-state index in [1.165, 1.54) is 12.1 Å². The number of carbonyl (C=O) groups excluding carboxylic acids is 1. The average Bonchev–Trinajstić information content (AvgIpc) is 2.47. The van der Waals surface area contributed by atoms with Gasteiger partial charge in [0.05, 0.1) is 5.56 Å². The van der Waals surface area contributed by atoms with Gasteiger partial charge in [-0.3, -0.25) is 4.79 Å². The van der Waals surface area contributed by atoms with Crippen LogP contribution in [0.3, 0.4) is 0 Å². The zero-order chi connectivity index (χ0) is 15.4. The van der Waals surface area contributed by atoms with Crippen molar-refractivity contribution in [2.24, 2.45) is 10.9 Å². The standard InChI is InChI=1S/C15H14FN3O2/c1-9-2-7-12(13(16)8-9)15(20)18-11-5-3-10(4-6-11)14(17)19-21/h2-8,21H,1H3,(H2,17,19)(H,18,20). The van der Waals surface area contributed by atoms with Crippen molar-refractivity contribution in [3.63, 3.8) is 0 Å². The first kappa shape index (κ1) is 14.5. The van der Waals surface area contributed by atoms with E-state index in [1.54, 1.807) is 37.3 Å². The SMILES string of the molecule is Cc1ccc(C(=O)Nc2ccc(/C(N)=N/O)cc2)c(F)c1. The summed E-state index contributed by atoms with van der Waals surface area (Å²) in [5.74, 6) is -1.14. The molecule has 0 fully saturated rings. The van der Waals surface area contributed by atoms with Crippen molar-refractivity contribution in [2.75, 3.05) is 5.32 Å². The Balaban J connectivity index is 2.16. The molecular weight excluding hydrogens is 273 g/mol. The van der Waals surface area contributed by atoms with Gasteiger partial charge in [-0.25, -0.2) is 4.39 Å². The fourth-order valence-electron chi connectivity index (χ4n) is 1.78. The molecule has 0 unspecified atom stereocenters. The number of halogens is 1. The van der Waals surface area contributed by atoms with Crippen LogP contribution >= 0.6 is 0 Å². The van der Waals surface area contributed by atoms with Crippen LogP contribution in [0.4, 0.5) is 10.1 Å². The monoisotopic (exact) mass is 287 g/mol. The van der Waals surface area contributed by atoms with E-state index in [0.29, 0.717) is 11.3 Å². The van der Waals surface area contributed by atoms with Gasteiger partial charge in [0, 0.05) is 11.3 Å². The largest absolute Gasteiger partial charge is 0.409 e. The number of benzene rings is 2. The topological polar surface area (TPSA) is 87.7 Å². The van der Waals surface area contributed by atoms with Gasteiger partial charge in [0.1, 0.15) is 5.82 Å². The molecule has 0 saturated carbocycles. The number of anilines is 1. The molecular formula is C15H14FN3O2. The molecule has 0 heterocycles. The van der Waals surface area contributed by atoms with Crippen LogP contribution in [0.2, 0.25) is 0 Å². The predicted molar refractivity (Wildman–Crippen MR) is 78.0 cm³/mol. The van der Waals surface area contributed by atoms with E-state index in [2.05, 4.69) is 10.5 Å². The second-order valence-electron chi connectivity index (χ2n) is 4.50. The molecule has 0 aliphatic carbocycles. The molecule has 108 valence electrons. The number of aryl methyl sites for hydroxylation is 1. The van der Waals surface area contributed by atoms with Gasteiger partial charge in [0.15, 0.2) is 5.84 Å². The maximum Gasteiger partial charge on any atom is 0.258 e. The molecule has 0 bridgehead atoms. The van der Waals surface area contributed by atoms with Crippen LogP contribution in [0, 0.1) is 12.7 Å². The Morgan fingerprint density at radius 2 is 1.90 bits per heavy atom. The molecule has 0 radical (unpaired) electrons. The highest BCUT2D eigenvalue weighted by Gasteiger charge is 2.12. The summed E-state index contributed by atoms with van der Waals surface area (Å²) in [6, 6.07) is 10.7. The zero-order valence-electron chi connectivity index (χ0n) is 11.3. The highest BCUT2D eigenvalue weighted by molar-refractivity contribution is 6.05. The number of nitrogens with two attached hydrogens (primary N) is 1. The van der Waals surface area contributed by atoms with Gasteiger partial charge in [-0.15, -0.1) is 0 Å². The van der Waals surface area contributed by atoms with Crippen LogP contribution in [0.1, 0.15) is 21.5 Å². The molecule has 0 spiro atoms. The number of amidine groups is 1. The summed E-state index contributed by atoms with van der Waals surface area (Å²) in [7, 11) is 0. The lowest BCUT2D eigenvalue weighted by Gasteiger charge is -2.07. The van der Waals surface area contributed by atoms with Crippen molar-refractivity contribution in [1.29, 1.82) is 0 Å². The van der Waals surface area contributed by atoms with Crippen LogP contribution in [0.25, 0.3) is 0 Å². The summed E-state index contributed by atoms with van der Waals surface area (Å²) in [4.78, 5) is 12.0. The highest BCUT2D eigenvalue weighted by Crippen LogP contribution is 2.14. The number of nitrogens with one attached hydrogen (secondary N) is 1. The van der Waals surface area contributed by atoms with Crippen molar-refractivity contribution in [1.82, 2.24) is 0 Å². The number of amides is 1. The molecule has 0 atom stereocenters. The summed E-state index contributed by atoms with van der Waals surface area (Å²) >= 11 is 0.